The molecule has 5 heteroatoms. The maximum absolute atomic E-state index is 6.18. The van der Waals surface area contributed by atoms with Gasteiger partial charge >= 0.3 is 0 Å². The first-order chi connectivity index (χ1) is 9.28. The molecule has 2 aromatic rings. The molecule has 4 nitrogen and oxygen atoms in total. The molecule has 1 aromatic carbocycles. The van der Waals surface area contributed by atoms with E-state index in [0.717, 1.165) is 47.2 Å². The summed E-state index contributed by atoms with van der Waals surface area (Å²) >= 11 is 1.70. The molecular weight excluding hydrogens is 258 g/mol. The van der Waals surface area contributed by atoms with Crippen molar-refractivity contribution in [1.29, 1.82) is 0 Å². The predicted octanol–water partition coefficient (Wildman–Crippen LogP) is 2.93. The Morgan fingerprint density at radius 2 is 2.32 bits per heavy atom. The number of nitrogens with two attached hydrogens (primary N) is 1. The second-order valence-corrected chi connectivity index (χ2v) is 5.91. The number of thioether (sulfide) groups is 1. The van der Waals surface area contributed by atoms with Crippen LogP contribution in [0.5, 0.6) is 5.75 Å². The molecule has 1 heterocycles. The first kappa shape index (κ1) is 12.8. The van der Waals surface area contributed by atoms with Crippen molar-refractivity contribution < 1.29 is 4.74 Å². The zero-order chi connectivity index (χ0) is 13.2. The minimum atomic E-state index is 0.249. The Labute approximate surface area is 117 Å². The highest BCUT2D eigenvalue weighted by Crippen LogP contribution is 2.36. The molecule has 1 aliphatic carbocycles. The number of nitrogens with one attached hydrogen (secondary N) is 1. The molecule has 1 fully saturated rings. The summed E-state index contributed by atoms with van der Waals surface area (Å²) in [7, 11) is 0. The second kappa shape index (κ2) is 5.43. The fourth-order valence-corrected chi connectivity index (χ4v) is 3.44. The van der Waals surface area contributed by atoms with E-state index in [1.165, 1.54) is 0 Å². The van der Waals surface area contributed by atoms with E-state index in [2.05, 4.69) is 16.5 Å². The third-order valence-electron chi connectivity index (χ3n) is 3.70. The third kappa shape index (κ3) is 2.58. The largest absolute Gasteiger partial charge is 0.489 e. The minimum absolute atomic E-state index is 0.249. The highest BCUT2D eigenvalue weighted by molar-refractivity contribution is 7.99. The van der Waals surface area contributed by atoms with Gasteiger partial charge in [-0.05, 0) is 44.1 Å². The normalized spacial score (nSPS) is 23.7. The lowest BCUT2D eigenvalue weighted by atomic mass is 9.93. The maximum atomic E-state index is 6.18. The number of hydrogen-bond acceptors (Lipinski definition) is 4. The molecule has 1 saturated carbocycles. The van der Waals surface area contributed by atoms with E-state index in [1.807, 2.05) is 18.3 Å². The van der Waals surface area contributed by atoms with Crippen molar-refractivity contribution in [2.75, 3.05) is 6.26 Å². The van der Waals surface area contributed by atoms with Gasteiger partial charge in [-0.25, -0.2) is 0 Å². The molecule has 2 atom stereocenters. The van der Waals surface area contributed by atoms with Crippen LogP contribution < -0.4 is 10.5 Å². The quantitative estimate of drug-likeness (QED) is 0.847. The summed E-state index contributed by atoms with van der Waals surface area (Å²) < 4.78 is 6.18. The number of benzene rings is 1. The Morgan fingerprint density at radius 3 is 3.11 bits per heavy atom. The SMILES string of the molecule is CSc1c(OC2CCCC(N)C2)ccc2[nH]ncc12. The zero-order valence-electron chi connectivity index (χ0n) is 11.1. The third-order valence-corrected chi connectivity index (χ3v) is 4.53. The number of rotatable bonds is 3. The van der Waals surface area contributed by atoms with Gasteiger partial charge in [-0.2, -0.15) is 5.10 Å². The summed E-state index contributed by atoms with van der Waals surface area (Å²) in [5.74, 6) is 0.959. The highest BCUT2D eigenvalue weighted by Gasteiger charge is 2.22. The van der Waals surface area contributed by atoms with Crippen molar-refractivity contribution in [3.63, 3.8) is 0 Å². The van der Waals surface area contributed by atoms with Gasteiger partial charge in [-0.1, -0.05) is 0 Å². The topological polar surface area (TPSA) is 63.9 Å². The molecule has 19 heavy (non-hydrogen) atoms. The van der Waals surface area contributed by atoms with Gasteiger partial charge in [-0.15, -0.1) is 11.8 Å². The van der Waals surface area contributed by atoms with Crippen LogP contribution in [0.1, 0.15) is 25.7 Å². The van der Waals surface area contributed by atoms with E-state index < -0.39 is 0 Å². The minimum Gasteiger partial charge on any atom is -0.489 e. The number of hydrogen-bond donors (Lipinski definition) is 2. The number of nitrogens with zero attached hydrogens (tertiary/aromatic N) is 1. The molecule has 0 radical (unpaired) electrons. The lowest BCUT2D eigenvalue weighted by molar-refractivity contribution is 0.141. The van der Waals surface area contributed by atoms with Crippen molar-refractivity contribution in [2.45, 2.75) is 42.7 Å². The average molecular weight is 277 g/mol. The summed E-state index contributed by atoms with van der Waals surface area (Å²) in [4.78, 5) is 1.16. The molecule has 1 aliphatic rings. The Balaban J connectivity index is 1.87. The molecule has 3 N–H and O–H groups in total. The van der Waals surface area contributed by atoms with Crippen molar-refractivity contribution >= 4 is 22.7 Å². The maximum Gasteiger partial charge on any atom is 0.134 e. The fourth-order valence-electron chi connectivity index (χ4n) is 2.74. The van der Waals surface area contributed by atoms with E-state index in [9.17, 15) is 0 Å². The highest BCUT2D eigenvalue weighted by atomic mass is 32.2. The van der Waals surface area contributed by atoms with Crippen LogP contribution in [-0.2, 0) is 0 Å². The fraction of sp³-hybridized carbons (Fsp3) is 0.500. The molecular formula is C14H19N3OS. The van der Waals surface area contributed by atoms with Crippen molar-refractivity contribution in [1.82, 2.24) is 10.2 Å². The number of H-pyrrole nitrogens is 1. The molecule has 3 rings (SSSR count). The Morgan fingerprint density at radius 1 is 1.42 bits per heavy atom. The second-order valence-electron chi connectivity index (χ2n) is 5.09. The van der Waals surface area contributed by atoms with Crippen LogP contribution in [0.2, 0.25) is 0 Å². The van der Waals surface area contributed by atoms with Crippen LogP contribution in [0.25, 0.3) is 10.9 Å². The van der Waals surface area contributed by atoms with E-state index in [-0.39, 0.29) is 12.1 Å². The van der Waals surface area contributed by atoms with Gasteiger partial charge in [0, 0.05) is 11.4 Å². The first-order valence-corrected chi connectivity index (χ1v) is 7.92. The number of ether oxygens (including phenoxy) is 1. The molecule has 0 spiro atoms. The monoisotopic (exact) mass is 277 g/mol. The lowest BCUT2D eigenvalue weighted by Crippen LogP contribution is -2.33. The average Bonchev–Trinajstić information content (AvgIpc) is 2.87. The summed E-state index contributed by atoms with van der Waals surface area (Å²) in [5, 5.41) is 8.22. The van der Waals surface area contributed by atoms with Crippen molar-refractivity contribution in [3.05, 3.63) is 18.3 Å². The summed E-state index contributed by atoms with van der Waals surface area (Å²) in [5.41, 5.74) is 7.08. The van der Waals surface area contributed by atoms with Gasteiger partial charge in [0.2, 0.25) is 0 Å². The lowest BCUT2D eigenvalue weighted by Gasteiger charge is -2.28. The van der Waals surface area contributed by atoms with E-state index in [1.54, 1.807) is 11.8 Å². The van der Waals surface area contributed by atoms with Crippen LogP contribution in [0, 0.1) is 0 Å². The Kier molecular flexibility index (Phi) is 3.66. The van der Waals surface area contributed by atoms with E-state index in [4.69, 9.17) is 10.5 Å². The van der Waals surface area contributed by atoms with Crippen LogP contribution in [0.3, 0.4) is 0 Å². The number of fused-ring (bicyclic) bond motifs is 1. The van der Waals surface area contributed by atoms with Gasteiger partial charge in [-0.3, -0.25) is 5.10 Å². The van der Waals surface area contributed by atoms with Gasteiger partial charge in [0.15, 0.2) is 0 Å². The molecule has 0 bridgehead atoms. The van der Waals surface area contributed by atoms with Crippen LogP contribution in [-0.4, -0.2) is 28.6 Å². The molecule has 0 saturated heterocycles. The van der Waals surface area contributed by atoms with E-state index >= 15 is 0 Å². The molecule has 2 unspecified atom stereocenters. The molecule has 102 valence electrons. The standard InChI is InChI=1S/C14H19N3OS/c1-19-14-11-8-16-17-12(11)5-6-13(14)18-10-4-2-3-9(15)7-10/h5-6,8-10H,2-4,7,15H2,1H3,(H,16,17). The van der Waals surface area contributed by atoms with Crippen LogP contribution >= 0.6 is 11.8 Å². The summed E-state index contributed by atoms with van der Waals surface area (Å²) in [6.07, 6.45) is 8.52. The predicted molar refractivity (Wildman–Crippen MR) is 78.7 cm³/mol. The summed E-state index contributed by atoms with van der Waals surface area (Å²) in [6.45, 7) is 0. The van der Waals surface area contributed by atoms with Crippen molar-refractivity contribution in [2.24, 2.45) is 5.73 Å². The van der Waals surface area contributed by atoms with Crippen LogP contribution in [0.15, 0.2) is 23.2 Å². The number of aromatic nitrogens is 2. The zero-order valence-corrected chi connectivity index (χ0v) is 11.9. The van der Waals surface area contributed by atoms with Gasteiger partial charge < -0.3 is 10.5 Å². The van der Waals surface area contributed by atoms with E-state index in [0.29, 0.717) is 0 Å². The van der Waals surface area contributed by atoms with Crippen molar-refractivity contribution in [3.8, 4) is 5.75 Å². The molecule has 0 aliphatic heterocycles. The summed E-state index contributed by atoms with van der Waals surface area (Å²) in [6, 6.07) is 4.35. The first-order valence-electron chi connectivity index (χ1n) is 6.70. The van der Waals surface area contributed by atoms with Gasteiger partial charge in [0.1, 0.15) is 11.9 Å². The Hall–Kier alpha value is -1.20. The van der Waals surface area contributed by atoms with Crippen LogP contribution in [0.4, 0.5) is 0 Å². The number of aromatic amines is 1. The van der Waals surface area contributed by atoms with Gasteiger partial charge in [0.05, 0.1) is 16.6 Å². The molecule has 0 amide bonds. The molecule has 1 aromatic heterocycles. The van der Waals surface area contributed by atoms with Gasteiger partial charge in [0.25, 0.3) is 0 Å². The Bertz CT molecular complexity index is 569. The smallest absolute Gasteiger partial charge is 0.134 e.